The van der Waals surface area contributed by atoms with Crippen molar-refractivity contribution < 1.29 is 9.53 Å². The molecule has 32 heavy (non-hydrogen) atoms. The second-order valence-electron chi connectivity index (χ2n) is 7.61. The van der Waals surface area contributed by atoms with Crippen LogP contribution in [-0.4, -0.2) is 59.7 Å². The largest absolute Gasteiger partial charge is 0.497 e. The second-order valence-corrected chi connectivity index (χ2v) is 7.61. The predicted molar refractivity (Wildman–Crippen MR) is 126 cm³/mol. The van der Waals surface area contributed by atoms with Crippen LogP contribution in [0.25, 0.3) is 16.9 Å². The van der Waals surface area contributed by atoms with Gasteiger partial charge in [0.2, 0.25) is 5.95 Å². The van der Waals surface area contributed by atoms with E-state index in [0.717, 1.165) is 34.9 Å². The molecule has 4 rings (SSSR count). The molecule has 1 amide bonds. The smallest absolute Gasteiger partial charge is 0.251 e. The van der Waals surface area contributed by atoms with Gasteiger partial charge in [0.15, 0.2) is 5.65 Å². The summed E-state index contributed by atoms with van der Waals surface area (Å²) < 4.78 is 7.05. The van der Waals surface area contributed by atoms with Gasteiger partial charge in [0.25, 0.3) is 5.91 Å². The Bertz CT molecular complexity index is 1200. The number of methoxy groups -OCH3 is 1. The van der Waals surface area contributed by atoms with E-state index in [4.69, 9.17) is 4.74 Å². The quantitative estimate of drug-likeness (QED) is 0.446. The van der Waals surface area contributed by atoms with Crippen LogP contribution in [-0.2, 0) is 0 Å². The number of likely N-dealkylation sites (N-methyl/N-ethyl adjacent to an activating group) is 1. The third kappa shape index (κ3) is 4.87. The molecule has 164 valence electrons. The van der Waals surface area contributed by atoms with Gasteiger partial charge in [0, 0.05) is 29.9 Å². The maximum Gasteiger partial charge on any atom is 0.251 e. The Morgan fingerprint density at radius 3 is 2.47 bits per heavy atom. The first-order valence-corrected chi connectivity index (χ1v) is 10.3. The first-order chi connectivity index (χ1) is 15.5. The number of benzene rings is 2. The average Bonchev–Trinajstić information content (AvgIpc) is 3.22. The molecule has 2 aromatic carbocycles. The molecule has 0 saturated heterocycles. The van der Waals surface area contributed by atoms with Gasteiger partial charge < -0.3 is 20.3 Å². The van der Waals surface area contributed by atoms with E-state index in [1.807, 2.05) is 73.6 Å². The van der Waals surface area contributed by atoms with Gasteiger partial charge in [-0.05, 0) is 74.8 Å². The molecule has 8 heteroatoms. The lowest BCUT2D eigenvalue weighted by atomic mass is 10.1. The van der Waals surface area contributed by atoms with Gasteiger partial charge in [-0.25, -0.2) is 4.52 Å². The summed E-state index contributed by atoms with van der Waals surface area (Å²) in [5.41, 5.74) is 4.08. The number of nitrogens with zero attached hydrogens (tertiary/aromatic N) is 4. The van der Waals surface area contributed by atoms with E-state index < -0.39 is 0 Å². The molecule has 2 aromatic heterocycles. The van der Waals surface area contributed by atoms with Crippen LogP contribution in [0.5, 0.6) is 5.75 Å². The molecule has 0 unspecified atom stereocenters. The number of amides is 1. The topological polar surface area (TPSA) is 83.8 Å². The number of hydrogen-bond acceptors (Lipinski definition) is 6. The van der Waals surface area contributed by atoms with Crippen LogP contribution in [0, 0.1) is 0 Å². The lowest BCUT2D eigenvalue weighted by Crippen LogP contribution is -2.31. The van der Waals surface area contributed by atoms with Crippen molar-refractivity contribution in [1.82, 2.24) is 24.8 Å². The zero-order valence-electron chi connectivity index (χ0n) is 18.4. The van der Waals surface area contributed by atoms with Crippen LogP contribution in [0.2, 0.25) is 0 Å². The van der Waals surface area contributed by atoms with Crippen LogP contribution in [0.1, 0.15) is 10.4 Å². The normalized spacial score (nSPS) is 11.0. The molecule has 0 aliphatic heterocycles. The third-order valence-corrected chi connectivity index (χ3v) is 4.99. The summed E-state index contributed by atoms with van der Waals surface area (Å²) in [6.07, 6.45) is 0. The van der Waals surface area contributed by atoms with Gasteiger partial charge in [0.05, 0.1) is 12.8 Å². The van der Waals surface area contributed by atoms with Gasteiger partial charge >= 0.3 is 0 Å². The van der Waals surface area contributed by atoms with E-state index in [9.17, 15) is 4.79 Å². The monoisotopic (exact) mass is 430 g/mol. The van der Waals surface area contributed by atoms with Crippen LogP contribution in [0.15, 0.2) is 66.7 Å². The standard InChI is InChI=1S/C24H26N6O2/c1-29(2)16-15-25-23(31)18-7-11-19(12-8-18)26-24-27-22-6-4-5-21(30(22)28-24)17-9-13-20(32-3)14-10-17/h4-14H,15-16H2,1-3H3,(H,25,31)(H,26,28). The highest BCUT2D eigenvalue weighted by atomic mass is 16.5. The van der Waals surface area contributed by atoms with E-state index in [1.54, 1.807) is 23.8 Å². The van der Waals surface area contributed by atoms with Crippen molar-refractivity contribution in [3.63, 3.8) is 0 Å². The molecule has 2 heterocycles. The van der Waals surface area contributed by atoms with Crippen LogP contribution in [0.4, 0.5) is 11.6 Å². The van der Waals surface area contributed by atoms with E-state index in [0.29, 0.717) is 18.1 Å². The van der Waals surface area contributed by atoms with Gasteiger partial charge in [-0.15, -0.1) is 5.10 Å². The number of carbonyl (C=O) groups excluding carboxylic acids is 1. The highest BCUT2D eigenvalue weighted by molar-refractivity contribution is 5.94. The summed E-state index contributed by atoms with van der Waals surface area (Å²) in [7, 11) is 5.59. The first-order valence-electron chi connectivity index (χ1n) is 10.3. The van der Waals surface area contributed by atoms with Gasteiger partial charge in [0.1, 0.15) is 5.75 Å². The Hall–Kier alpha value is -3.91. The molecule has 0 fully saturated rings. The van der Waals surface area contributed by atoms with Crippen molar-refractivity contribution in [2.75, 3.05) is 39.6 Å². The number of rotatable bonds is 8. The molecule has 8 nitrogen and oxygen atoms in total. The number of fused-ring (bicyclic) bond motifs is 1. The molecule has 4 aromatic rings. The van der Waals surface area contributed by atoms with Gasteiger partial charge in [-0.2, -0.15) is 4.98 Å². The van der Waals surface area contributed by atoms with E-state index in [1.165, 1.54) is 0 Å². The zero-order chi connectivity index (χ0) is 22.5. The lowest BCUT2D eigenvalue weighted by molar-refractivity contribution is 0.0951. The Morgan fingerprint density at radius 2 is 1.78 bits per heavy atom. The van der Waals surface area contributed by atoms with E-state index in [-0.39, 0.29) is 5.91 Å². The summed E-state index contributed by atoms with van der Waals surface area (Å²) in [5, 5.41) is 10.7. The van der Waals surface area contributed by atoms with Crippen LogP contribution < -0.4 is 15.4 Å². The molecule has 0 atom stereocenters. The summed E-state index contributed by atoms with van der Waals surface area (Å²) >= 11 is 0. The Balaban J connectivity index is 1.49. The van der Waals surface area contributed by atoms with Gasteiger partial charge in [-0.1, -0.05) is 6.07 Å². The van der Waals surface area contributed by atoms with E-state index in [2.05, 4.69) is 20.7 Å². The maximum atomic E-state index is 12.2. The van der Waals surface area contributed by atoms with Crippen molar-refractivity contribution in [2.24, 2.45) is 0 Å². The zero-order valence-corrected chi connectivity index (χ0v) is 18.4. The van der Waals surface area contributed by atoms with E-state index >= 15 is 0 Å². The molecule has 0 saturated carbocycles. The molecular weight excluding hydrogens is 404 g/mol. The minimum atomic E-state index is -0.0895. The maximum absolute atomic E-state index is 12.2. The number of pyridine rings is 1. The first kappa shape index (κ1) is 21.3. The summed E-state index contributed by atoms with van der Waals surface area (Å²) in [6, 6.07) is 20.9. The van der Waals surface area contributed by atoms with Crippen LogP contribution in [0.3, 0.4) is 0 Å². The summed E-state index contributed by atoms with van der Waals surface area (Å²) in [4.78, 5) is 18.8. The van der Waals surface area contributed by atoms with Crippen molar-refractivity contribution in [1.29, 1.82) is 0 Å². The average molecular weight is 431 g/mol. The number of aromatic nitrogens is 3. The molecule has 0 spiro atoms. The number of carbonyl (C=O) groups is 1. The summed E-state index contributed by atoms with van der Waals surface area (Å²) in [6.45, 7) is 1.40. The van der Waals surface area contributed by atoms with Crippen molar-refractivity contribution >= 4 is 23.2 Å². The molecular formula is C24H26N6O2. The van der Waals surface area contributed by atoms with Crippen molar-refractivity contribution in [3.05, 3.63) is 72.3 Å². The fraction of sp³-hybridized carbons (Fsp3) is 0.208. The van der Waals surface area contributed by atoms with Crippen molar-refractivity contribution in [3.8, 4) is 17.0 Å². The number of ether oxygens (including phenoxy) is 1. The molecule has 0 aliphatic rings. The minimum Gasteiger partial charge on any atom is -0.497 e. The number of hydrogen-bond donors (Lipinski definition) is 2. The highest BCUT2D eigenvalue weighted by Gasteiger charge is 2.10. The molecule has 0 aliphatic carbocycles. The third-order valence-electron chi connectivity index (χ3n) is 4.99. The summed E-state index contributed by atoms with van der Waals surface area (Å²) in [5.74, 6) is 1.19. The van der Waals surface area contributed by atoms with Crippen LogP contribution >= 0.6 is 0 Å². The Kier molecular flexibility index (Phi) is 6.32. The predicted octanol–water partition coefficient (Wildman–Crippen LogP) is 3.44. The Labute approximate surface area is 186 Å². The lowest BCUT2D eigenvalue weighted by Gasteiger charge is -2.10. The second kappa shape index (κ2) is 9.49. The number of anilines is 2. The molecule has 2 N–H and O–H groups in total. The molecule has 0 bridgehead atoms. The Morgan fingerprint density at radius 1 is 1.03 bits per heavy atom. The highest BCUT2D eigenvalue weighted by Crippen LogP contribution is 2.24. The van der Waals surface area contributed by atoms with Crippen molar-refractivity contribution in [2.45, 2.75) is 0 Å². The molecule has 0 radical (unpaired) electrons. The minimum absolute atomic E-state index is 0.0895. The van der Waals surface area contributed by atoms with Gasteiger partial charge in [-0.3, -0.25) is 4.79 Å². The SMILES string of the molecule is COc1ccc(-c2cccc3nc(Nc4ccc(C(=O)NCCN(C)C)cc4)nn23)cc1. The fourth-order valence-corrected chi connectivity index (χ4v) is 3.27. The fourth-order valence-electron chi connectivity index (χ4n) is 3.27. The number of nitrogens with one attached hydrogen (secondary N) is 2.